The largest absolute Gasteiger partial charge is 0.469 e. The number of hydrogen-bond acceptors (Lipinski definition) is 6. The predicted molar refractivity (Wildman–Crippen MR) is 87.4 cm³/mol. The van der Waals surface area contributed by atoms with Crippen LogP contribution >= 0.6 is 24.0 Å². The van der Waals surface area contributed by atoms with Gasteiger partial charge >= 0.3 is 5.97 Å². The maximum Gasteiger partial charge on any atom is 0.310 e. The topological polar surface area (TPSA) is 72.0 Å². The molecule has 7 heteroatoms. The van der Waals surface area contributed by atoms with Gasteiger partial charge in [-0.3, -0.25) is 9.79 Å². The minimum atomic E-state index is -0.143. The molecule has 0 amide bonds. The van der Waals surface area contributed by atoms with Crippen LogP contribution in [-0.2, 0) is 14.3 Å². The van der Waals surface area contributed by atoms with E-state index >= 15 is 0 Å². The highest BCUT2D eigenvalue weighted by atomic mass is 127. The van der Waals surface area contributed by atoms with E-state index in [1.165, 1.54) is 7.11 Å². The summed E-state index contributed by atoms with van der Waals surface area (Å²) in [5, 5.41) is 6.43. The number of rotatable bonds is 4. The summed E-state index contributed by atoms with van der Waals surface area (Å²) in [7, 11) is 1.45. The number of nitrogens with one attached hydrogen (secondary N) is 2. The molecule has 1 unspecified atom stereocenters. The van der Waals surface area contributed by atoms with E-state index in [-0.39, 0.29) is 35.9 Å². The number of ether oxygens (including phenoxy) is 2. The van der Waals surface area contributed by atoms with Gasteiger partial charge in [-0.1, -0.05) is 0 Å². The summed E-state index contributed by atoms with van der Waals surface area (Å²) in [5.41, 5.74) is 0. The lowest BCUT2D eigenvalue weighted by Gasteiger charge is -2.29. The third kappa shape index (κ3) is 5.08. The molecule has 2 N–H and O–H groups in total. The molecule has 0 radical (unpaired) electrons. The Morgan fingerprint density at radius 2 is 2.30 bits per heavy atom. The van der Waals surface area contributed by atoms with Gasteiger partial charge in [-0.25, -0.2) is 0 Å². The molecule has 2 rings (SSSR count). The smallest absolute Gasteiger partial charge is 0.310 e. The van der Waals surface area contributed by atoms with Gasteiger partial charge in [0.15, 0.2) is 5.96 Å². The summed E-state index contributed by atoms with van der Waals surface area (Å²) in [4.78, 5) is 16.3. The normalized spacial score (nSPS) is 20.9. The number of carbonyl (C=O) groups excluding carboxylic acids is 1. The van der Waals surface area contributed by atoms with Gasteiger partial charge in [0.05, 0.1) is 13.0 Å². The van der Waals surface area contributed by atoms with E-state index in [0.29, 0.717) is 12.5 Å². The highest BCUT2D eigenvalue weighted by molar-refractivity contribution is 14.0. The maximum atomic E-state index is 11.9. The van der Waals surface area contributed by atoms with E-state index < -0.39 is 0 Å². The average molecular weight is 397 g/mol. The van der Waals surface area contributed by atoms with Gasteiger partial charge in [0.2, 0.25) is 0 Å². The molecule has 2 aliphatic rings. The van der Waals surface area contributed by atoms with Crippen molar-refractivity contribution < 1.29 is 14.3 Å². The summed E-state index contributed by atoms with van der Waals surface area (Å²) >= 11 is 0. The van der Waals surface area contributed by atoms with Crippen LogP contribution in [0.2, 0.25) is 0 Å². The lowest BCUT2D eigenvalue weighted by atomic mass is 9.86. The molecule has 0 aliphatic carbocycles. The van der Waals surface area contributed by atoms with Crippen molar-refractivity contribution in [3.8, 4) is 0 Å². The molecule has 20 heavy (non-hydrogen) atoms. The summed E-state index contributed by atoms with van der Waals surface area (Å²) in [6.45, 7) is 3.82. The quantitative estimate of drug-likeness (QED) is 0.542. The van der Waals surface area contributed by atoms with E-state index in [2.05, 4.69) is 15.6 Å². The maximum absolute atomic E-state index is 11.9. The number of hydrogen-bond donors (Lipinski definition) is 2. The molecule has 0 saturated carbocycles. The van der Waals surface area contributed by atoms with Crippen LogP contribution in [0.1, 0.15) is 19.3 Å². The molecule has 1 fully saturated rings. The summed E-state index contributed by atoms with van der Waals surface area (Å²) in [6.07, 6.45) is 2.90. The van der Waals surface area contributed by atoms with Gasteiger partial charge in [0.25, 0.3) is 0 Å². The Bertz CT molecular complexity index is 333. The molecule has 0 aromatic rings. The molecular formula is C13H24IN3O3. The highest BCUT2D eigenvalue weighted by Gasteiger charge is 2.30. The second-order valence-electron chi connectivity index (χ2n) is 4.97. The van der Waals surface area contributed by atoms with Crippen LogP contribution < -0.4 is 10.6 Å². The van der Waals surface area contributed by atoms with Crippen molar-refractivity contribution in [1.82, 2.24) is 10.6 Å². The van der Waals surface area contributed by atoms with Crippen molar-refractivity contribution in [2.45, 2.75) is 19.3 Å². The second kappa shape index (κ2) is 9.38. The molecule has 2 aliphatic heterocycles. The summed E-state index contributed by atoms with van der Waals surface area (Å²) in [5.74, 6) is 0.862. The van der Waals surface area contributed by atoms with Gasteiger partial charge in [0, 0.05) is 32.8 Å². The fourth-order valence-electron chi connectivity index (χ4n) is 2.57. The van der Waals surface area contributed by atoms with Crippen molar-refractivity contribution in [1.29, 1.82) is 0 Å². The zero-order valence-corrected chi connectivity index (χ0v) is 14.2. The Morgan fingerprint density at radius 1 is 1.55 bits per heavy atom. The molecule has 6 nitrogen and oxygen atoms in total. The van der Waals surface area contributed by atoms with Crippen LogP contribution in [0, 0.1) is 11.8 Å². The number of nitrogens with zero attached hydrogens (tertiary/aromatic N) is 1. The average Bonchev–Trinajstić information content (AvgIpc) is 2.49. The molecule has 0 aromatic carbocycles. The Labute approximate surface area is 137 Å². The van der Waals surface area contributed by atoms with Gasteiger partial charge in [-0.15, -0.1) is 24.0 Å². The molecule has 2 heterocycles. The third-order valence-electron chi connectivity index (χ3n) is 3.73. The molecule has 0 spiro atoms. The minimum Gasteiger partial charge on any atom is -0.469 e. The minimum absolute atomic E-state index is 0. The first-order chi connectivity index (χ1) is 9.31. The van der Waals surface area contributed by atoms with Crippen molar-refractivity contribution in [2.24, 2.45) is 16.8 Å². The van der Waals surface area contributed by atoms with Gasteiger partial charge in [-0.2, -0.15) is 0 Å². The first-order valence-corrected chi connectivity index (χ1v) is 6.99. The van der Waals surface area contributed by atoms with Crippen molar-refractivity contribution in [3.63, 3.8) is 0 Å². The molecular weight excluding hydrogens is 373 g/mol. The van der Waals surface area contributed by atoms with Crippen molar-refractivity contribution >= 4 is 35.9 Å². The fraction of sp³-hybridized carbons (Fsp3) is 0.846. The zero-order chi connectivity index (χ0) is 13.5. The molecule has 1 saturated heterocycles. The fourth-order valence-corrected chi connectivity index (χ4v) is 2.57. The first kappa shape index (κ1) is 17.5. The Balaban J connectivity index is 0.00000200. The monoisotopic (exact) mass is 397 g/mol. The van der Waals surface area contributed by atoms with Crippen LogP contribution in [0.4, 0.5) is 0 Å². The Morgan fingerprint density at radius 3 is 2.90 bits per heavy atom. The van der Waals surface area contributed by atoms with E-state index in [4.69, 9.17) is 9.47 Å². The van der Waals surface area contributed by atoms with Crippen LogP contribution in [0.25, 0.3) is 0 Å². The van der Waals surface area contributed by atoms with Crippen molar-refractivity contribution in [3.05, 3.63) is 0 Å². The third-order valence-corrected chi connectivity index (χ3v) is 3.73. The lowest BCUT2D eigenvalue weighted by Crippen LogP contribution is -2.45. The Hall–Kier alpha value is -0.570. The number of carbonyl (C=O) groups is 1. The lowest BCUT2D eigenvalue weighted by molar-refractivity contribution is -0.148. The number of aliphatic imine (C=N–C) groups is 1. The van der Waals surface area contributed by atoms with Crippen molar-refractivity contribution in [2.75, 3.05) is 40.0 Å². The summed E-state index contributed by atoms with van der Waals surface area (Å²) < 4.78 is 10.3. The number of guanidine groups is 1. The number of halogens is 1. The molecule has 1 atom stereocenters. The number of methoxy groups -OCH3 is 1. The molecule has 0 aromatic heterocycles. The van der Waals surface area contributed by atoms with Gasteiger partial charge in [-0.05, 0) is 25.2 Å². The van der Waals surface area contributed by atoms with E-state index in [1.807, 2.05) is 0 Å². The summed E-state index contributed by atoms with van der Waals surface area (Å²) in [6, 6.07) is 0. The number of esters is 1. The Kier molecular flexibility index (Phi) is 8.20. The van der Waals surface area contributed by atoms with Crippen LogP contribution in [0.3, 0.4) is 0 Å². The molecule has 0 bridgehead atoms. The van der Waals surface area contributed by atoms with Crippen LogP contribution in [-0.4, -0.2) is 51.9 Å². The van der Waals surface area contributed by atoms with Crippen LogP contribution in [0.15, 0.2) is 4.99 Å². The highest BCUT2D eigenvalue weighted by Crippen LogP contribution is 2.24. The van der Waals surface area contributed by atoms with Crippen LogP contribution in [0.5, 0.6) is 0 Å². The van der Waals surface area contributed by atoms with E-state index in [1.54, 1.807) is 0 Å². The predicted octanol–water partition coefficient (Wildman–Crippen LogP) is 0.759. The van der Waals surface area contributed by atoms with Gasteiger partial charge in [0.1, 0.15) is 0 Å². The van der Waals surface area contributed by atoms with E-state index in [0.717, 1.165) is 51.5 Å². The SMILES string of the molecule is COC(=O)C(CNC1=NCCCN1)C1CCOCC1.I. The second-order valence-corrected chi connectivity index (χ2v) is 4.97. The molecule has 116 valence electrons. The zero-order valence-electron chi connectivity index (χ0n) is 11.9. The van der Waals surface area contributed by atoms with E-state index in [9.17, 15) is 4.79 Å². The first-order valence-electron chi connectivity index (χ1n) is 6.99. The van der Waals surface area contributed by atoms with Gasteiger partial charge < -0.3 is 20.1 Å². The standard InChI is InChI=1S/C13H23N3O3.HI/c1-18-12(17)11(10-3-7-19-8-4-10)9-16-13-14-5-2-6-15-13;/h10-11H,2-9H2,1H3,(H2,14,15,16);1H.